The van der Waals surface area contributed by atoms with Crippen LogP contribution in [0.5, 0.6) is 0 Å². The molecule has 3 aliphatic carbocycles. The van der Waals surface area contributed by atoms with Crippen LogP contribution in [0.4, 0.5) is 0 Å². The smallest absolute Gasteiger partial charge is 0.0613 e. The average molecular weight is 377 g/mol. The molecule has 3 aliphatic rings. The van der Waals surface area contributed by atoms with Gasteiger partial charge in [-0.25, -0.2) is 0 Å². The number of hydrogen-bond acceptors (Lipinski definition) is 3. The number of allylic oxidation sites excluding steroid dienone is 3. The summed E-state index contributed by atoms with van der Waals surface area (Å²) >= 11 is 0. The van der Waals surface area contributed by atoms with Crippen molar-refractivity contribution >= 4 is 0 Å². The molecule has 0 bridgehead atoms. The van der Waals surface area contributed by atoms with Gasteiger partial charge in [0.25, 0.3) is 0 Å². The predicted octanol–water partition coefficient (Wildman–Crippen LogP) is 5.45. The molecule has 3 saturated carbocycles. The maximum absolute atomic E-state index is 9.86. The van der Waals surface area contributed by atoms with Gasteiger partial charge in [-0.1, -0.05) is 23.3 Å². The molecule has 27 heavy (non-hydrogen) atoms. The van der Waals surface area contributed by atoms with Gasteiger partial charge < -0.3 is 14.9 Å². The molecule has 0 aromatic carbocycles. The molecule has 0 radical (unpaired) electrons. The van der Waals surface area contributed by atoms with Gasteiger partial charge >= 0.3 is 0 Å². The largest absolute Gasteiger partial charge is 0.393 e. The van der Waals surface area contributed by atoms with Crippen LogP contribution >= 0.6 is 0 Å². The first-order valence-corrected chi connectivity index (χ1v) is 11.2. The molecule has 1 spiro atoms. The van der Waals surface area contributed by atoms with Crippen molar-refractivity contribution in [1.82, 2.24) is 0 Å². The Morgan fingerprint density at radius 2 is 1.74 bits per heavy atom. The Morgan fingerprint density at radius 1 is 1.04 bits per heavy atom. The van der Waals surface area contributed by atoms with Gasteiger partial charge in [-0.2, -0.15) is 0 Å². The molecule has 1 atom stereocenters. The van der Waals surface area contributed by atoms with E-state index in [1.54, 1.807) is 5.57 Å². The normalized spacial score (nSPS) is 35.9. The predicted molar refractivity (Wildman–Crippen MR) is 111 cm³/mol. The van der Waals surface area contributed by atoms with E-state index in [1.807, 2.05) is 13.8 Å². The van der Waals surface area contributed by atoms with E-state index in [0.29, 0.717) is 24.5 Å². The highest BCUT2D eigenvalue weighted by molar-refractivity contribution is 5.22. The molecular weight excluding hydrogens is 336 g/mol. The zero-order valence-electron chi connectivity index (χ0n) is 17.5. The maximum Gasteiger partial charge on any atom is 0.0613 e. The SMILES string of the molecule is CC(C)(O)CCOC1CCC2(CCC/C(=C\C=C3\CCCC(O)C3)C2)CC1. The lowest BCUT2D eigenvalue weighted by molar-refractivity contribution is -0.0341. The minimum atomic E-state index is -0.623. The monoisotopic (exact) mass is 376 g/mol. The van der Waals surface area contributed by atoms with Crippen molar-refractivity contribution in [1.29, 1.82) is 0 Å². The summed E-state index contributed by atoms with van der Waals surface area (Å²) in [5.74, 6) is 0. The van der Waals surface area contributed by atoms with E-state index in [4.69, 9.17) is 4.74 Å². The highest BCUT2D eigenvalue weighted by atomic mass is 16.5. The van der Waals surface area contributed by atoms with E-state index in [-0.39, 0.29) is 6.10 Å². The van der Waals surface area contributed by atoms with Crippen molar-refractivity contribution in [3.63, 3.8) is 0 Å². The molecule has 0 aromatic rings. The molecule has 0 aromatic heterocycles. The second-order valence-corrected chi connectivity index (χ2v) is 10.1. The van der Waals surface area contributed by atoms with Crippen LogP contribution in [-0.4, -0.2) is 34.6 Å². The lowest BCUT2D eigenvalue weighted by Gasteiger charge is -2.43. The second-order valence-electron chi connectivity index (χ2n) is 10.1. The third-order valence-corrected chi connectivity index (χ3v) is 6.96. The van der Waals surface area contributed by atoms with Gasteiger partial charge in [0.05, 0.1) is 17.8 Å². The third kappa shape index (κ3) is 6.73. The van der Waals surface area contributed by atoms with E-state index >= 15 is 0 Å². The Bertz CT molecular complexity index is 532. The maximum atomic E-state index is 9.86. The Labute approximate surface area is 165 Å². The molecule has 0 heterocycles. The lowest BCUT2D eigenvalue weighted by Crippen LogP contribution is -2.34. The van der Waals surface area contributed by atoms with Crippen LogP contribution < -0.4 is 0 Å². The van der Waals surface area contributed by atoms with Crippen molar-refractivity contribution in [2.75, 3.05) is 6.61 Å². The first-order valence-electron chi connectivity index (χ1n) is 11.2. The Kier molecular flexibility index (Phi) is 7.21. The van der Waals surface area contributed by atoms with Gasteiger partial charge in [-0.05, 0) is 103 Å². The van der Waals surface area contributed by atoms with E-state index in [1.165, 1.54) is 56.9 Å². The highest BCUT2D eigenvalue weighted by Crippen LogP contribution is 2.49. The van der Waals surface area contributed by atoms with E-state index in [0.717, 1.165) is 25.7 Å². The quantitative estimate of drug-likeness (QED) is 0.670. The van der Waals surface area contributed by atoms with Gasteiger partial charge in [-0.3, -0.25) is 0 Å². The summed E-state index contributed by atoms with van der Waals surface area (Å²) in [6.07, 6.45) is 19.9. The zero-order chi connectivity index (χ0) is 19.3. The van der Waals surface area contributed by atoms with Crippen LogP contribution in [0.15, 0.2) is 23.3 Å². The molecule has 2 N–H and O–H groups in total. The van der Waals surface area contributed by atoms with Crippen molar-refractivity contribution in [2.24, 2.45) is 5.41 Å². The number of hydrogen-bond donors (Lipinski definition) is 2. The van der Waals surface area contributed by atoms with Crippen molar-refractivity contribution in [3.05, 3.63) is 23.3 Å². The molecule has 0 amide bonds. The standard InChI is InChI=1S/C24H40O3/c1-23(2,26)15-16-27-22-10-13-24(14-11-22)12-4-6-20(18-24)9-8-19-5-3-7-21(25)17-19/h8-9,21-22,25-26H,3-7,10-18H2,1-2H3/b19-8-,20-9+. The van der Waals surface area contributed by atoms with Crippen molar-refractivity contribution in [3.8, 4) is 0 Å². The first kappa shape index (κ1) is 21.1. The van der Waals surface area contributed by atoms with Crippen LogP contribution in [0.3, 0.4) is 0 Å². The first-order chi connectivity index (χ1) is 12.8. The van der Waals surface area contributed by atoms with Crippen LogP contribution in [0.2, 0.25) is 0 Å². The minimum Gasteiger partial charge on any atom is -0.393 e. The second kappa shape index (κ2) is 9.24. The van der Waals surface area contributed by atoms with E-state index in [2.05, 4.69) is 12.2 Å². The Hall–Kier alpha value is -0.640. The topological polar surface area (TPSA) is 49.7 Å². The molecule has 1 unspecified atom stereocenters. The van der Waals surface area contributed by atoms with E-state index in [9.17, 15) is 10.2 Å². The summed E-state index contributed by atoms with van der Waals surface area (Å²) in [4.78, 5) is 0. The number of ether oxygens (including phenoxy) is 1. The molecule has 3 nitrogen and oxygen atoms in total. The summed E-state index contributed by atoms with van der Waals surface area (Å²) < 4.78 is 6.05. The molecule has 3 rings (SSSR count). The average Bonchev–Trinajstić information content (AvgIpc) is 2.61. The van der Waals surface area contributed by atoms with Crippen LogP contribution in [-0.2, 0) is 4.74 Å². The summed E-state index contributed by atoms with van der Waals surface area (Å²) in [7, 11) is 0. The van der Waals surface area contributed by atoms with Gasteiger partial charge in [0.2, 0.25) is 0 Å². The van der Waals surface area contributed by atoms with E-state index < -0.39 is 5.60 Å². The molecule has 154 valence electrons. The molecule has 3 fully saturated rings. The third-order valence-electron chi connectivity index (χ3n) is 6.96. The fourth-order valence-corrected chi connectivity index (χ4v) is 5.22. The summed E-state index contributed by atoms with van der Waals surface area (Å²) in [6, 6.07) is 0. The zero-order valence-corrected chi connectivity index (χ0v) is 17.5. The molecule has 3 heteroatoms. The summed E-state index contributed by atoms with van der Waals surface area (Å²) in [5, 5.41) is 19.7. The molecular formula is C24H40O3. The lowest BCUT2D eigenvalue weighted by atomic mass is 9.63. The van der Waals surface area contributed by atoms with Crippen LogP contribution in [0, 0.1) is 5.41 Å². The molecule has 0 saturated heterocycles. The summed E-state index contributed by atoms with van der Waals surface area (Å²) in [5.41, 5.74) is 2.94. The van der Waals surface area contributed by atoms with Crippen molar-refractivity contribution in [2.45, 2.75) is 115 Å². The van der Waals surface area contributed by atoms with Gasteiger partial charge in [0.1, 0.15) is 0 Å². The number of aliphatic hydroxyl groups excluding tert-OH is 1. The fraction of sp³-hybridized carbons (Fsp3) is 0.833. The van der Waals surface area contributed by atoms with Crippen LogP contribution in [0.25, 0.3) is 0 Å². The summed E-state index contributed by atoms with van der Waals surface area (Å²) in [6.45, 7) is 4.38. The fourth-order valence-electron chi connectivity index (χ4n) is 5.22. The minimum absolute atomic E-state index is 0.118. The van der Waals surface area contributed by atoms with Gasteiger partial charge in [0, 0.05) is 6.61 Å². The van der Waals surface area contributed by atoms with Crippen LogP contribution in [0.1, 0.15) is 97.3 Å². The Morgan fingerprint density at radius 3 is 2.44 bits per heavy atom. The number of aliphatic hydroxyl groups is 2. The highest BCUT2D eigenvalue weighted by Gasteiger charge is 2.37. The van der Waals surface area contributed by atoms with Crippen molar-refractivity contribution < 1.29 is 14.9 Å². The van der Waals surface area contributed by atoms with Gasteiger partial charge in [0.15, 0.2) is 0 Å². The molecule has 0 aliphatic heterocycles. The Balaban J connectivity index is 1.48. The van der Waals surface area contributed by atoms with Gasteiger partial charge in [-0.15, -0.1) is 0 Å². The number of rotatable bonds is 5.